The second kappa shape index (κ2) is 10.7. The molecule has 3 rings (SSSR count). The lowest BCUT2D eigenvalue weighted by Gasteiger charge is -2.35. The third-order valence-electron chi connectivity index (χ3n) is 5.26. The molecule has 9 heteroatoms. The first-order chi connectivity index (χ1) is 13.8. The lowest BCUT2D eigenvalue weighted by Crippen LogP contribution is -2.49. The van der Waals surface area contributed by atoms with Crippen molar-refractivity contribution >= 4 is 39.5 Å². The number of halogens is 1. The summed E-state index contributed by atoms with van der Waals surface area (Å²) in [6.45, 7) is 6.64. The third kappa shape index (κ3) is 6.04. The van der Waals surface area contributed by atoms with Gasteiger partial charge in [0.1, 0.15) is 6.10 Å². The monoisotopic (exact) mass is 472 g/mol. The predicted molar refractivity (Wildman–Crippen MR) is 122 cm³/mol. The van der Waals surface area contributed by atoms with E-state index in [0.29, 0.717) is 24.5 Å². The Morgan fingerprint density at radius 3 is 2.27 bits per heavy atom. The number of carbonyl (C=O) groups is 1. The highest BCUT2D eigenvalue weighted by atomic mass is 35.5. The van der Waals surface area contributed by atoms with E-state index in [1.165, 1.54) is 0 Å². The molecular formula is C21H29ClN2O4S2. The summed E-state index contributed by atoms with van der Waals surface area (Å²) in [5.74, 6) is 0.0444. The Kier molecular flexibility index (Phi) is 8.87. The second-order valence-electron chi connectivity index (χ2n) is 7.63. The van der Waals surface area contributed by atoms with Crippen LogP contribution in [0.3, 0.4) is 0 Å². The number of rotatable bonds is 7. The van der Waals surface area contributed by atoms with Crippen molar-refractivity contribution in [3.05, 3.63) is 52.2 Å². The van der Waals surface area contributed by atoms with Crippen LogP contribution in [0.25, 0.3) is 0 Å². The normalized spacial score (nSPS) is 16.3. The van der Waals surface area contributed by atoms with Crippen molar-refractivity contribution in [2.24, 2.45) is 0 Å². The summed E-state index contributed by atoms with van der Waals surface area (Å²) in [6, 6.07) is 10.5. The van der Waals surface area contributed by atoms with Crippen molar-refractivity contribution in [1.29, 1.82) is 0 Å². The number of piperazine rings is 1. The van der Waals surface area contributed by atoms with Gasteiger partial charge in [-0.1, -0.05) is 18.2 Å². The quantitative estimate of drug-likeness (QED) is 0.670. The number of thiophene rings is 1. The second-order valence-corrected chi connectivity index (χ2v) is 11.1. The average molecular weight is 473 g/mol. The first-order valence-electron chi connectivity index (χ1n) is 9.82. The summed E-state index contributed by atoms with van der Waals surface area (Å²) in [5, 5.41) is 11.8. The molecule has 1 aromatic heterocycles. The van der Waals surface area contributed by atoms with Crippen LogP contribution in [-0.4, -0.2) is 67.2 Å². The Morgan fingerprint density at radius 2 is 1.73 bits per heavy atom. The molecule has 2 aromatic rings. The van der Waals surface area contributed by atoms with Crippen LogP contribution in [0.2, 0.25) is 0 Å². The van der Waals surface area contributed by atoms with Gasteiger partial charge in [-0.3, -0.25) is 9.69 Å². The van der Waals surface area contributed by atoms with Crippen molar-refractivity contribution in [2.75, 3.05) is 32.7 Å². The van der Waals surface area contributed by atoms with Gasteiger partial charge >= 0.3 is 0 Å². The maximum Gasteiger partial charge on any atom is 0.227 e. The Bertz CT molecular complexity index is 907. The number of aliphatic hydroxyl groups is 1. The zero-order valence-corrected chi connectivity index (χ0v) is 19.7. The third-order valence-corrected chi connectivity index (χ3v) is 8.40. The number of amides is 1. The van der Waals surface area contributed by atoms with Crippen LogP contribution in [0.5, 0.6) is 0 Å². The van der Waals surface area contributed by atoms with Gasteiger partial charge in [0.05, 0.1) is 16.6 Å². The van der Waals surface area contributed by atoms with Crippen molar-refractivity contribution in [1.82, 2.24) is 9.80 Å². The van der Waals surface area contributed by atoms with E-state index < -0.39 is 21.2 Å². The number of nitrogens with zero attached hydrogens (tertiary/aromatic N) is 2. The molecule has 0 saturated carbocycles. The summed E-state index contributed by atoms with van der Waals surface area (Å²) in [7, 11) is -3.30. The van der Waals surface area contributed by atoms with Gasteiger partial charge in [0.25, 0.3) is 0 Å². The predicted octanol–water partition coefficient (Wildman–Crippen LogP) is 2.77. The molecule has 1 aliphatic heterocycles. The van der Waals surface area contributed by atoms with Gasteiger partial charge in [-0.25, -0.2) is 8.42 Å². The summed E-state index contributed by atoms with van der Waals surface area (Å²) >= 11 is 1.55. The molecule has 0 bridgehead atoms. The van der Waals surface area contributed by atoms with E-state index in [4.69, 9.17) is 0 Å². The molecule has 1 aliphatic rings. The SMILES string of the molecule is CC(C)S(=O)(=O)c1ccc(CC(=O)N2CCN(CC(O)c3cccs3)CC2)cc1.Cl. The molecule has 1 atom stereocenters. The van der Waals surface area contributed by atoms with E-state index in [-0.39, 0.29) is 24.7 Å². The molecule has 6 nitrogen and oxygen atoms in total. The minimum absolute atomic E-state index is 0. The number of benzene rings is 1. The first-order valence-corrected chi connectivity index (χ1v) is 12.2. The molecule has 1 saturated heterocycles. The Labute approximate surface area is 188 Å². The molecule has 166 valence electrons. The molecule has 1 unspecified atom stereocenters. The summed E-state index contributed by atoms with van der Waals surface area (Å²) in [6.07, 6.45) is -0.224. The lowest BCUT2D eigenvalue weighted by atomic mass is 10.1. The molecule has 2 heterocycles. The smallest absolute Gasteiger partial charge is 0.227 e. The number of hydrogen-bond acceptors (Lipinski definition) is 6. The minimum atomic E-state index is -3.30. The fourth-order valence-electron chi connectivity index (χ4n) is 3.35. The maximum atomic E-state index is 12.6. The van der Waals surface area contributed by atoms with E-state index >= 15 is 0 Å². The van der Waals surface area contributed by atoms with Crippen LogP contribution in [0.15, 0.2) is 46.7 Å². The first kappa shape index (κ1) is 24.8. The van der Waals surface area contributed by atoms with Crippen LogP contribution < -0.4 is 0 Å². The van der Waals surface area contributed by atoms with E-state index in [9.17, 15) is 18.3 Å². The van der Waals surface area contributed by atoms with Gasteiger partial charge < -0.3 is 10.0 Å². The highest BCUT2D eigenvalue weighted by molar-refractivity contribution is 7.92. The molecule has 30 heavy (non-hydrogen) atoms. The van der Waals surface area contributed by atoms with Gasteiger partial charge in [0.15, 0.2) is 9.84 Å². The molecule has 1 N–H and O–H groups in total. The van der Waals surface area contributed by atoms with Crippen molar-refractivity contribution < 1.29 is 18.3 Å². The standard InChI is InChI=1S/C21H28N2O4S2.ClH/c1-16(2)29(26,27)18-7-5-17(6-8-18)14-21(25)23-11-9-22(10-12-23)15-19(24)20-4-3-13-28-20;/h3-8,13,16,19,24H,9-12,14-15H2,1-2H3;1H. The number of sulfone groups is 1. The zero-order chi connectivity index (χ0) is 21.0. The number of β-amino-alcohol motifs (C(OH)–C–C–N with tert-alkyl or cyclic N) is 1. The van der Waals surface area contributed by atoms with Crippen molar-refractivity contribution in [3.8, 4) is 0 Å². The summed E-state index contributed by atoms with van der Waals surface area (Å²) in [5.41, 5.74) is 0.813. The highest BCUT2D eigenvalue weighted by Gasteiger charge is 2.24. The Balaban J connectivity index is 0.00000320. The molecule has 0 spiro atoms. The largest absolute Gasteiger partial charge is 0.386 e. The molecule has 0 aliphatic carbocycles. The fourth-order valence-corrected chi connectivity index (χ4v) is 5.11. The van der Waals surface area contributed by atoms with Gasteiger partial charge in [-0.15, -0.1) is 23.7 Å². The number of carbonyl (C=O) groups excluding carboxylic acids is 1. The number of aliphatic hydroxyl groups excluding tert-OH is 1. The molecular weight excluding hydrogens is 444 g/mol. The Hall–Kier alpha value is -1.45. The minimum Gasteiger partial charge on any atom is -0.386 e. The van der Waals surface area contributed by atoms with E-state index in [1.54, 1.807) is 49.4 Å². The van der Waals surface area contributed by atoms with Crippen LogP contribution in [0.4, 0.5) is 0 Å². The van der Waals surface area contributed by atoms with E-state index in [2.05, 4.69) is 4.90 Å². The van der Waals surface area contributed by atoms with Gasteiger partial charge in [0, 0.05) is 37.6 Å². The fraction of sp³-hybridized carbons (Fsp3) is 0.476. The zero-order valence-electron chi connectivity index (χ0n) is 17.2. The average Bonchev–Trinajstić information content (AvgIpc) is 3.24. The maximum absolute atomic E-state index is 12.6. The van der Waals surface area contributed by atoms with E-state index in [1.807, 2.05) is 22.4 Å². The van der Waals surface area contributed by atoms with Gasteiger partial charge in [-0.05, 0) is 43.0 Å². The van der Waals surface area contributed by atoms with Crippen molar-refractivity contribution in [3.63, 3.8) is 0 Å². The van der Waals surface area contributed by atoms with E-state index in [0.717, 1.165) is 23.5 Å². The van der Waals surface area contributed by atoms with Crippen LogP contribution in [0, 0.1) is 0 Å². The molecule has 1 aromatic carbocycles. The summed E-state index contributed by atoms with van der Waals surface area (Å²) in [4.78, 5) is 17.9. The van der Waals surface area contributed by atoms with Gasteiger partial charge in [-0.2, -0.15) is 0 Å². The highest BCUT2D eigenvalue weighted by Crippen LogP contribution is 2.21. The van der Waals surface area contributed by atoms with Crippen LogP contribution >= 0.6 is 23.7 Å². The Morgan fingerprint density at radius 1 is 1.10 bits per heavy atom. The summed E-state index contributed by atoms with van der Waals surface area (Å²) < 4.78 is 24.4. The topological polar surface area (TPSA) is 77.9 Å². The lowest BCUT2D eigenvalue weighted by molar-refractivity contribution is -0.132. The number of hydrogen-bond donors (Lipinski definition) is 1. The van der Waals surface area contributed by atoms with Crippen molar-refractivity contribution in [2.45, 2.75) is 36.5 Å². The molecule has 0 radical (unpaired) electrons. The van der Waals surface area contributed by atoms with Crippen LogP contribution in [-0.2, 0) is 21.1 Å². The molecule has 1 fully saturated rings. The van der Waals surface area contributed by atoms with Gasteiger partial charge in [0.2, 0.25) is 5.91 Å². The van der Waals surface area contributed by atoms with Crippen LogP contribution in [0.1, 0.15) is 30.4 Å². The molecule has 1 amide bonds.